The van der Waals surface area contributed by atoms with E-state index in [0.29, 0.717) is 11.3 Å². The number of hydrogen-bond acceptors (Lipinski definition) is 2. The highest BCUT2D eigenvalue weighted by Gasteiger charge is 2.27. The Morgan fingerprint density at radius 1 is 1.27 bits per heavy atom. The van der Waals surface area contributed by atoms with Gasteiger partial charge in [0.1, 0.15) is 5.75 Å². The van der Waals surface area contributed by atoms with Crippen LogP contribution in [-0.2, 0) is 0 Å². The summed E-state index contributed by atoms with van der Waals surface area (Å²) in [6.07, 6.45) is 0. The van der Waals surface area contributed by atoms with Gasteiger partial charge in [-0.15, -0.1) is 0 Å². The molecule has 0 fully saturated rings. The molecule has 0 aliphatic carbocycles. The van der Waals surface area contributed by atoms with E-state index in [2.05, 4.69) is 5.92 Å². The standard InChI is InChI=1S/C10H7F3OS/c1-14-9-5-3-2-4-8(9)6-7-15-10(11,12)13/h2-5H,1H3. The number of rotatable bonds is 1. The first-order valence-corrected chi connectivity index (χ1v) is 4.73. The van der Waals surface area contributed by atoms with Crippen LogP contribution >= 0.6 is 11.8 Å². The van der Waals surface area contributed by atoms with Gasteiger partial charge in [-0.1, -0.05) is 18.1 Å². The first-order valence-electron chi connectivity index (χ1n) is 3.91. The fraction of sp³-hybridized carbons (Fsp3) is 0.200. The summed E-state index contributed by atoms with van der Waals surface area (Å²) in [5.74, 6) is 2.85. The Bertz CT molecular complexity index is 390. The number of thioether (sulfide) groups is 1. The van der Waals surface area contributed by atoms with Gasteiger partial charge in [0.25, 0.3) is 0 Å². The van der Waals surface area contributed by atoms with E-state index in [1.165, 1.54) is 7.11 Å². The molecule has 1 rings (SSSR count). The maximum absolute atomic E-state index is 11.8. The molecule has 0 N–H and O–H groups in total. The van der Waals surface area contributed by atoms with Gasteiger partial charge >= 0.3 is 5.51 Å². The van der Waals surface area contributed by atoms with Crippen molar-refractivity contribution in [1.82, 2.24) is 0 Å². The molecule has 0 amide bonds. The van der Waals surface area contributed by atoms with Gasteiger partial charge in [-0.05, 0) is 17.4 Å². The van der Waals surface area contributed by atoms with Crippen LogP contribution in [0.3, 0.4) is 0 Å². The van der Waals surface area contributed by atoms with Crippen LogP contribution in [0.1, 0.15) is 5.56 Å². The van der Waals surface area contributed by atoms with E-state index in [1.807, 2.05) is 5.25 Å². The van der Waals surface area contributed by atoms with Crippen molar-refractivity contribution in [2.45, 2.75) is 5.51 Å². The third kappa shape index (κ3) is 4.17. The van der Waals surface area contributed by atoms with Crippen LogP contribution in [0, 0.1) is 11.2 Å². The molecule has 0 aliphatic rings. The summed E-state index contributed by atoms with van der Waals surface area (Å²) in [5, 5.41) is 1.98. The molecular weight excluding hydrogens is 225 g/mol. The molecule has 0 aliphatic heterocycles. The highest BCUT2D eigenvalue weighted by molar-refractivity contribution is 8.04. The second kappa shape index (κ2) is 4.99. The van der Waals surface area contributed by atoms with E-state index in [-0.39, 0.29) is 11.8 Å². The number of methoxy groups -OCH3 is 1. The van der Waals surface area contributed by atoms with Gasteiger partial charge in [0.05, 0.1) is 12.7 Å². The molecule has 1 aromatic carbocycles. The lowest BCUT2D eigenvalue weighted by atomic mass is 10.2. The molecule has 0 saturated heterocycles. The molecular formula is C10H7F3OS. The zero-order valence-electron chi connectivity index (χ0n) is 7.76. The fourth-order valence-electron chi connectivity index (χ4n) is 0.886. The summed E-state index contributed by atoms with van der Waals surface area (Å²) in [6.45, 7) is 0. The van der Waals surface area contributed by atoms with Gasteiger partial charge in [0.2, 0.25) is 0 Å². The number of alkyl halides is 3. The molecule has 0 bridgehead atoms. The number of halogens is 3. The normalized spacial score (nSPS) is 10.4. The lowest BCUT2D eigenvalue weighted by molar-refractivity contribution is -0.0318. The minimum Gasteiger partial charge on any atom is -0.495 e. The summed E-state index contributed by atoms with van der Waals surface area (Å²) in [5.41, 5.74) is -3.88. The van der Waals surface area contributed by atoms with Crippen molar-refractivity contribution in [3.63, 3.8) is 0 Å². The number of para-hydroxylation sites is 1. The second-order valence-corrected chi connectivity index (χ2v) is 3.35. The number of benzene rings is 1. The third-order valence-corrected chi connectivity index (χ3v) is 1.90. The van der Waals surface area contributed by atoms with Crippen molar-refractivity contribution in [3.05, 3.63) is 29.8 Å². The van der Waals surface area contributed by atoms with Crippen molar-refractivity contribution in [2.75, 3.05) is 7.11 Å². The van der Waals surface area contributed by atoms with Crippen molar-refractivity contribution in [1.29, 1.82) is 0 Å². The minimum atomic E-state index is -4.32. The summed E-state index contributed by atoms with van der Waals surface area (Å²) >= 11 is -0.369. The smallest absolute Gasteiger partial charge is 0.453 e. The van der Waals surface area contributed by atoms with E-state index in [4.69, 9.17) is 4.74 Å². The van der Waals surface area contributed by atoms with E-state index in [9.17, 15) is 13.2 Å². The Morgan fingerprint density at radius 2 is 1.93 bits per heavy atom. The summed E-state index contributed by atoms with van der Waals surface area (Å²) in [7, 11) is 1.44. The third-order valence-electron chi connectivity index (χ3n) is 1.46. The zero-order chi connectivity index (χ0) is 11.3. The zero-order valence-corrected chi connectivity index (χ0v) is 8.58. The van der Waals surface area contributed by atoms with Crippen LogP contribution in [0.25, 0.3) is 0 Å². The summed E-state index contributed by atoms with van der Waals surface area (Å²) in [6, 6.07) is 6.65. The molecule has 0 aromatic heterocycles. The quantitative estimate of drug-likeness (QED) is 0.687. The molecule has 1 aromatic rings. The number of ether oxygens (including phenoxy) is 1. The molecule has 1 nitrogen and oxygen atoms in total. The maximum atomic E-state index is 11.8. The first kappa shape index (κ1) is 11.8. The molecule has 15 heavy (non-hydrogen) atoms. The topological polar surface area (TPSA) is 9.23 Å². The predicted molar refractivity (Wildman–Crippen MR) is 53.5 cm³/mol. The Hall–Kier alpha value is -1.28. The van der Waals surface area contributed by atoms with Crippen LogP contribution < -0.4 is 4.74 Å². The molecule has 0 heterocycles. The molecule has 5 heteroatoms. The average molecular weight is 232 g/mol. The Labute approximate surface area is 89.6 Å². The molecule has 0 unspecified atom stereocenters. The minimum absolute atomic E-state index is 0.369. The van der Waals surface area contributed by atoms with Gasteiger partial charge < -0.3 is 4.74 Å². The number of hydrogen-bond donors (Lipinski definition) is 0. The molecule has 0 spiro atoms. The van der Waals surface area contributed by atoms with Crippen LogP contribution in [-0.4, -0.2) is 12.6 Å². The van der Waals surface area contributed by atoms with Gasteiger partial charge in [0.15, 0.2) is 0 Å². The van der Waals surface area contributed by atoms with Gasteiger partial charge in [-0.3, -0.25) is 0 Å². The van der Waals surface area contributed by atoms with E-state index in [0.717, 1.165) is 0 Å². The van der Waals surface area contributed by atoms with Crippen molar-refractivity contribution >= 4 is 11.8 Å². The van der Waals surface area contributed by atoms with E-state index >= 15 is 0 Å². The van der Waals surface area contributed by atoms with Crippen LogP contribution in [0.4, 0.5) is 13.2 Å². The fourth-order valence-corrected chi connectivity index (χ4v) is 1.16. The van der Waals surface area contributed by atoms with Gasteiger partial charge in [-0.2, -0.15) is 13.2 Å². The largest absolute Gasteiger partial charge is 0.495 e. The molecule has 0 radical (unpaired) electrons. The van der Waals surface area contributed by atoms with Crippen LogP contribution in [0.15, 0.2) is 24.3 Å². The molecule has 80 valence electrons. The van der Waals surface area contributed by atoms with Crippen molar-refractivity contribution < 1.29 is 17.9 Å². The van der Waals surface area contributed by atoms with Crippen LogP contribution in [0.2, 0.25) is 0 Å². The van der Waals surface area contributed by atoms with Gasteiger partial charge in [-0.25, -0.2) is 0 Å². The molecule has 0 saturated carbocycles. The summed E-state index contributed by atoms with van der Waals surface area (Å²) in [4.78, 5) is 0. The SMILES string of the molecule is COc1ccccc1C#CSC(F)(F)F. The molecule has 0 atom stereocenters. The van der Waals surface area contributed by atoms with Crippen LogP contribution in [0.5, 0.6) is 5.75 Å². The Kier molecular flexibility index (Phi) is 3.92. The Balaban J connectivity index is 2.80. The monoisotopic (exact) mass is 232 g/mol. The maximum Gasteiger partial charge on any atom is 0.453 e. The Morgan fingerprint density at radius 3 is 2.53 bits per heavy atom. The van der Waals surface area contributed by atoms with Gasteiger partial charge in [0, 0.05) is 11.8 Å². The highest BCUT2D eigenvalue weighted by atomic mass is 32.2. The second-order valence-electron chi connectivity index (χ2n) is 2.48. The van der Waals surface area contributed by atoms with Crippen molar-refractivity contribution in [3.8, 4) is 16.9 Å². The highest BCUT2D eigenvalue weighted by Crippen LogP contribution is 2.29. The van der Waals surface area contributed by atoms with E-state index in [1.54, 1.807) is 24.3 Å². The predicted octanol–water partition coefficient (Wildman–Crippen LogP) is 3.26. The first-order chi connectivity index (χ1) is 7.03. The lowest BCUT2D eigenvalue weighted by Gasteiger charge is -2.01. The lowest BCUT2D eigenvalue weighted by Crippen LogP contribution is -1.96. The van der Waals surface area contributed by atoms with E-state index < -0.39 is 5.51 Å². The summed E-state index contributed by atoms with van der Waals surface area (Å²) < 4.78 is 40.2. The van der Waals surface area contributed by atoms with Crippen molar-refractivity contribution in [2.24, 2.45) is 0 Å². The average Bonchev–Trinajstić information content (AvgIpc) is 2.16.